The molecular weight excluding hydrogens is 362 g/mol. The number of amides is 2. The van der Waals surface area contributed by atoms with E-state index in [1.54, 1.807) is 18.2 Å². The van der Waals surface area contributed by atoms with Crippen molar-refractivity contribution in [1.82, 2.24) is 5.32 Å². The summed E-state index contributed by atoms with van der Waals surface area (Å²) in [6.07, 6.45) is 0. The molecule has 0 saturated heterocycles. The Morgan fingerprint density at radius 1 is 0.793 bits per heavy atom. The second kappa shape index (κ2) is 9.55. The van der Waals surface area contributed by atoms with Gasteiger partial charge >= 0.3 is 0 Å². The van der Waals surface area contributed by atoms with Crippen LogP contribution in [-0.4, -0.2) is 18.4 Å². The fourth-order valence-corrected chi connectivity index (χ4v) is 2.97. The molecule has 5 nitrogen and oxygen atoms in total. The highest BCUT2D eigenvalue weighted by Crippen LogP contribution is 2.18. The summed E-state index contributed by atoms with van der Waals surface area (Å²) in [5.41, 5.74) is 5.11. The van der Waals surface area contributed by atoms with Crippen LogP contribution in [0.15, 0.2) is 72.8 Å². The SMILES string of the molecule is Cc1cccc(NC(=O)CNc2ccccc2C(=O)NCc2ccccc2)c1C. The third-order valence-electron chi connectivity index (χ3n) is 4.79. The van der Waals surface area contributed by atoms with Gasteiger partial charge in [0.15, 0.2) is 0 Å². The fraction of sp³-hybridized carbons (Fsp3) is 0.167. The van der Waals surface area contributed by atoms with E-state index in [-0.39, 0.29) is 18.4 Å². The molecule has 0 aliphatic carbocycles. The summed E-state index contributed by atoms with van der Waals surface area (Å²) in [7, 11) is 0. The lowest BCUT2D eigenvalue weighted by molar-refractivity contribution is -0.114. The number of carbonyl (C=O) groups excluding carboxylic acids is 2. The molecule has 5 heteroatoms. The molecule has 0 aromatic heterocycles. The van der Waals surface area contributed by atoms with Gasteiger partial charge in [-0.1, -0.05) is 54.6 Å². The number of hydrogen-bond acceptors (Lipinski definition) is 3. The van der Waals surface area contributed by atoms with Crippen LogP contribution in [0.1, 0.15) is 27.0 Å². The van der Waals surface area contributed by atoms with Gasteiger partial charge in [-0.3, -0.25) is 9.59 Å². The molecule has 3 N–H and O–H groups in total. The zero-order chi connectivity index (χ0) is 20.6. The van der Waals surface area contributed by atoms with Crippen LogP contribution in [0.4, 0.5) is 11.4 Å². The predicted molar refractivity (Wildman–Crippen MR) is 117 cm³/mol. The smallest absolute Gasteiger partial charge is 0.253 e. The quantitative estimate of drug-likeness (QED) is 0.567. The summed E-state index contributed by atoms with van der Waals surface area (Å²) >= 11 is 0. The fourth-order valence-electron chi connectivity index (χ4n) is 2.97. The van der Waals surface area contributed by atoms with Crippen LogP contribution in [0.2, 0.25) is 0 Å². The maximum absolute atomic E-state index is 12.6. The summed E-state index contributed by atoms with van der Waals surface area (Å²) in [4.78, 5) is 25.0. The molecule has 0 aliphatic heterocycles. The predicted octanol–water partition coefficient (Wildman–Crippen LogP) is 4.28. The molecule has 0 fully saturated rings. The van der Waals surface area contributed by atoms with Crippen LogP contribution in [-0.2, 0) is 11.3 Å². The molecule has 0 atom stereocenters. The molecule has 0 heterocycles. The first-order valence-corrected chi connectivity index (χ1v) is 9.55. The van der Waals surface area contributed by atoms with Gasteiger partial charge in [-0.05, 0) is 48.7 Å². The van der Waals surface area contributed by atoms with E-state index in [9.17, 15) is 9.59 Å². The lowest BCUT2D eigenvalue weighted by atomic mass is 10.1. The van der Waals surface area contributed by atoms with Crippen molar-refractivity contribution in [3.05, 3.63) is 95.1 Å². The van der Waals surface area contributed by atoms with Crippen LogP contribution < -0.4 is 16.0 Å². The van der Waals surface area contributed by atoms with Crippen LogP contribution >= 0.6 is 0 Å². The van der Waals surface area contributed by atoms with Gasteiger partial charge < -0.3 is 16.0 Å². The van der Waals surface area contributed by atoms with Gasteiger partial charge in [0.25, 0.3) is 5.91 Å². The van der Waals surface area contributed by atoms with E-state index in [4.69, 9.17) is 0 Å². The lowest BCUT2D eigenvalue weighted by Gasteiger charge is -2.14. The molecule has 0 spiro atoms. The van der Waals surface area contributed by atoms with Gasteiger partial charge in [-0.2, -0.15) is 0 Å². The van der Waals surface area contributed by atoms with Crippen molar-refractivity contribution in [2.24, 2.45) is 0 Å². The molecule has 0 radical (unpaired) electrons. The van der Waals surface area contributed by atoms with E-state index in [1.165, 1.54) is 0 Å². The maximum atomic E-state index is 12.6. The summed E-state index contributed by atoms with van der Waals surface area (Å²) < 4.78 is 0. The van der Waals surface area contributed by atoms with Gasteiger partial charge in [-0.25, -0.2) is 0 Å². The summed E-state index contributed by atoms with van der Waals surface area (Å²) in [6, 6.07) is 22.7. The molecule has 3 aromatic carbocycles. The molecule has 2 amide bonds. The second-order valence-corrected chi connectivity index (χ2v) is 6.86. The average Bonchev–Trinajstić information content (AvgIpc) is 2.75. The van der Waals surface area contributed by atoms with E-state index in [1.807, 2.05) is 68.4 Å². The monoisotopic (exact) mass is 387 g/mol. The highest BCUT2D eigenvalue weighted by atomic mass is 16.2. The Hall–Kier alpha value is -3.60. The molecule has 0 bridgehead atoms. The van der Waals surface area contributed by atoms with E-state index in [0.717, 1.165) is 22.4 Å². The first-order valence-electron chi connectivity index (χ1n) is 9.55. The Morgan fingerprint density at radius 3 is 2.28 bits per heavy atom. The third kappa shape index (κ3) is 5.45. The summed E-state index contributed by atoms with van der Waals surface area (Å²) in [6.45, 7) is 4.50. The number of anilines is 2. The first kappa shape index (κ1) is 20.1. The third-order valence-corrected chi connectivity index (χ3v) is 4.79. The lowest BCUT2D eigenvalue weighted by Crippen LogP contribution is -2.26. The summed E-state index contributed by atoms with van der Waals surface area (Å²) in [5.74, 6) is -0.356. The van der Waals surface area contributed by atoms with Crippen LogP contribution in [0, 0.1) is 13.8 Å². The summed E-state index contributed by atoms with van der Waals surface area (Å²) in [5, 5.41) is 8.91. The minimum Gasteiger partial charge on any atom is -0.376 e. The van der Waals surface area contributed by atoms with Crippen molar-refractivity contribution in [3.8, 4) is 0 Å². The highest BCUT2D eigenvalue weighted by molar-refractivity contribution is 6.01. The number of hydrogen-bond donors (Lipinski definition) is 3. The Labute approximate surface area is 171 Å². The van der Waals surface area contributed by atoms with Gasteiger partial charge in [0.2, 0.25) is 5.91 Å². The molecule has 29 heavy (non-hydrogen) atoms. The zero-order valence-corrected chi connectivity index (χ0v) is 16.7. The Balaban J connectivity index is 1.60. The van der Waals surface area contributed by atoms with Crippen LogP contribution in [0.3, 0.4) is 0 Å². The van der Waals surface area contributed by atoms with Crippen molar-refractivity contribution < 1.29 is 9.59 Å². The van der Waals surface area contributed by atoms with Crippen LogP contribution in [0.5, 0.6) is 0 Å². The van der Waals surface area contributed by atoms with Gasteiger partial charge in [0.05, 0.1) is 12.1 Å². The zero-order valence-electron chi connectivity index (χ0n) is 16.7. The average molecular weight is 387 g/mol. The highest BCUT2D eigenvalue weighted by Gasteiger charge is 2.12. The maximum Gasteiger partial charge on any atom is 0.253 e. The molecule has 0 aliphatic rings. The number of para-hydroxylation sites is 1. The molecule has 3 aromatic rings. The number of aryl methyl sites for hydroxylation is 1. The van der Waals surface area contributed by atoms with Crippen molar-refractivity contribution in [2.75, 3.05) is 17.2 Å². The van der Waals surface area contributed by atoms with Crippen molar-refractivity contribution in [3.63, 3.8) is 0 Å². The Kier molecular flexibility index (Phi) is 6.63. The van der Waals surface area contributed by atoms with E-state index in [0.29, 0.717) is 17.8 Å². The molecular formula is C24H25N3O2. The Bertz CT molecular complexity index is 1000. The number of nitrogens with one attached hydrogen (secondary N) is 3. The number of benzene rings is 3. The molecule has 0 unspecified atom stereocenters. The second-order valence-electron chi connectivity index (χ2n) is 6.86. The topological polar surface area (TPSA) is 70.2 Å². The van der Waals surface area contributed by atoms with Gasteiger partial charge in [0.1, 0.15) is 0 Å². The first-order chi connectivity index (χ1) is 14.0. The Morgan fingerprint density at radius 2 is 1.48 bits per heavy atom. The van der Waals surface area contributed by atoms with Crippen molar-refractivity contribution >= 4 is 23.2 Å². The van der Waals surface area contributed by atoms with Crippen molar-refractivity contribution in [1.29, 1.82) is 0 Å². The molecule has 0 saturated carbocycles. The van der Waals surface area contributed by atoms with E-state index in [2.05, 4.69) is 16.0 Å². The van der Waals surface area contributed by atoms with Crippen molar-refractivity contribution in [2.45, 2.75) is 20.4 Å². The van der Waals surface area contributed by atoms with Gasteiger partial charge in [0, 0.05) is 17.9 Å². The number of rotatable bonds is 7. The van der Waals surface area contributed by atoms with E-state index >= 15 is 0 Å². The molecule has 3 rings (SSSR count). The molecule has 148 valence electrons. The minimum absolute atomic E-state index is 0.0658. The minimum atomic E-state index is -0.188. The standard InChI is InChI=1S/C24H25N3O2/c1-17-9-8-14-21(18(17)2)27-23(28)16-25-22-13-7-6-12-20(22)24(29)26-15-19-10-4-3-5-11-19/h3-14,25H,15-16H2,1-2H3,(H,26,29)(H,27,28). The largest absolute Gasteiger partial charge is 0.376 e. The van der Waals surface area contributed by atoms with Crippen LogP contribution in [0.25, 0.3) is 0 Å². The van der Waals surface area contributed by atoms with E-state index < -0.39 is 0 Å². The number of carbonyl (C=O) groups is 2. The van der Waals surface area contributed by atoms with Gasteiger partial charge in [-0.15, -0.1) is 0 Å². The normalized spacial score (nSPS) is 10.3.